The van der Waals surface area contributed by atoms with Crippen LogP contribution >= 0.6 is 31.9 Å². The van der Waals surface area contributed by atoms with Gasteiger partial charge in [0.2, 0.25) is 0 Å². The van der Waals surface area contributed by atoms with E-state index in [0.717, 1.165) is 25.3 Å². The first-order valence-corrected chi connectivity index (χ1v) is 11.8. The molecule has 9 heteroatoms. The van der Waals surface area contributed by atoms with E-state index in [4.69, 9.17) is 4.74 Å². The van der Waals surface area contributed by atoms with Crippen LogP contribution in [0.4, 0.5) is 19.0 Å². The zero-order valence-electron chi connectivity index (χ0n) is 17.4. The number of aromatic nitrogens is 2. The molecule has 1 aromatic heterocycles. The minimum Gasteiger partial charge on any atom is -0.490 e. The topological polar surface area (TPSA) is 39.1 Å². The molecule has 172 valence electrons. The third-order valence-corrected chi connectivity index (χ3v) is 6.32. The summed E-state index contributed by atoms with van der Waals surface area (Å²) in [4.78, 5) is 0. The van der Waals surface area contributed by atoms with E-state index in [1.807, 2.05) is 60.7 Å². The van der Waals surface area contributed by atoms with Gasteiger partial charge >= 0.3 is 6.18 Å². The molecule has 0 spiro atoms. The molecule has 0 fully saturated rings. The molecule has 0 atom stereocenters. The minimum absolute atomic E-state index is 0.226. The zero-order chi connectivity index (χ0) is 23.4. The maximum atomic E-state index is 12.6. The molecule has 0 aliphatic carbocycles. The van der Waals surface area contributed by atoms with Crippen molar-refractivity contribution in [3.05, 3.63) is 75.7 Å². The van der Waals surface area contributed by atoms with Gasteiger partial charge < -0.3 is 10.1 Å². The van der Waals surface area contributed by atoms with E-state index in [0.29, 0.717) is 30.4 Å². The van der Waals surface area contributed by atoms with E-state index in [9.17, 15) is 13.2 Å². The summed E-state index contributed by atoms with van der Waals surface area (Å²) < 4.78 is 47.3. The van der Waals surface area contributed by atoms with Crippen LogP contribution in [0.25, 0.3) is 22.0 Å². The number of fused-ring (bicyclic) bond motifs is 1. The highest BCUT2D eigenvalue weighted by atomic mass is 79.9. The highest BCUT2D eigenvalue weighted by Gasteiger charge is 2.26. The normalized spacial score (nSPS) is 11.7. The molecular weight excluding hydrogens is 563 g/mol. The molecular formula is C24H20Br2F3N3O. The van der Waals surface area contributed by atoms with Gasteiger partial charge in [-0.25, -0.2) is 4.68 Å². The average molecular weight is 583 g/mol. The second-order valence-electron chi connectivity index (χ2n) is 7.39. The highest BCUT2D eigenvalue weighted by molar-refractivity contribution is 9.11. The lowest BCUT2D eigenvalue weighted by Gasteiger charge is -2.13. The Labute approximate surface area is 206 Å². The Kier molecular flexibility index (Phi) is 7.29. The summed E-state index contributed by atoms with van der Waals surface area (Å²) >= 11 is 7.09. The third-order valence-electron chi connectivity index (χ3n) is 5.01. The molecule has 1 heterocycles. The van der Waals surface area contributed by atoms with Gasteiger partial charge in [-0.05, 0) is 44.9 Å². The number of alkyl halides is 3. The number of anilines is 1. The lowest BCUT2D eigenvalue weighted by atomic mass is 10.1. The summed E-state index contributed by atoms with van der Waals surface area (Å²) in [5, 5.41) is 9.54. The number of hydrogen-bond donors (Lipinski definition) is 1. The van der Waals surface area contributed by atoms with Crippen molar-refractivity contribution in [1.29, 1.82) is 0 Å². The van der Waals surface area contributed by atoms with Crippen molar-refractivity contribution in [3.8, 4) is 17.0 Å². The van der Waals surface area contributed by atoms with Gasteiger partial charge in [-0.3, -0.25) is 0 Å². The van der Waals surface area contributed by atoms with Crippen molar-refractivity contribution < 1.29 is 17.9 Å². The van der Waals surface area contributed by atoms with Gasteiger partial charge in [-0.2, -0.15) is 18.3 Å². The minimum atomic E-state index is -4.22. The number of nitrogens with zero attached hydrogens (tertiary/aromatic N) is 2. The Balaban J connectivity index is 1.49. The number of benzene rings is 3. The molecule has 4 nitrogen and oxygen atoms in total. The molecule has 0 saturated carbocycles. The van der Waals surface area contributed by atoms with Crippen molar-refractivity contribution >= 4 is 48.5 Å². The smallest absolute Gasteiger partial charge is 0.390 e. The van der Waals surface area contributed by atoms with Crippen LogP contribution in [-0.4, -0.2) is 29.1 Å². The third kappa shape index (κ3) is 6.09. The fourth-order valence-corrected chi connectivity index (χ4v) is 4.39. The fourth-order valence-electron chi connectivity index (χ4n) is 3.41. The van der Waals surface area contributed by atoms with Gasteiger partial charge in [0, 0.05) is 22.6 Å². The standard InChI is InChI=1S/C24H20Br2F3N3O/c25-18-7-8-19-17(14-18)6-9-21(23(19)26)33-13-12-32-22(30-11-10-24(27,28)29)15-20(31-32)16-4-2-1-3-5-16/h1-9,14-15,30H,10-13H2. The first kappa shape index (κ1) is 23.6. The van der Waals surface area contributed by atoms with E-state index >= 15 is 0 Å². The Morgan fingerprint density at radius 3 is 2.52 bits per heavy atom. The van der Waals surface area contributed by atoms with Gasteiger partial charge in [0.05, 0.1) is 23.1 Å². The molecule has 0 unspecified atom stereocenters. The van der Waals surface area contributed by atoms with Crippen molar-refractivity contribution in [2.24, 2.45) is 0 Å². The molecule has 1 N–H and O–H groups in total. The van der Waals surface area contributed by atoms with Crippen LogP contribution in [0.3, 0.4) is 0 Å². The van der Waals surface area contributed by atoms with Crippen LogP contribution in [0, 0.1) is 0 Å². The number of ether oxygens (including phenoxy) is 1. The number of nitrogens with one attached hydrogen (secondary N) is 1. The predicted octanol–water partition coefficient (Wildman–Crippen LogP) is 7.67. The van der Waals surface area contributed by atoms with Gasteiger partial charge in [-0.1, -0.05) is 58.4 Å². The van der Waals surface area contributed by atoms with E-state index in [-0.39, 0.29) is 6.54 Å². The summed E-state index contributed by atoms with van der Waals surface area (Å²) in [7, 11) is 0. The van der Waals surface area contributed by atoms with Crippen LogP contribution in [0.2, 0.25) is 0 Å². The van der Waals surface area contributed by atoms with Gasteiger partial charge in [0.15, 0.2) is 0 Å². The van der Waals surface area contributed by atoms with Gasteiger partial charge in [0.1, 0.15) is 18.2 Å². The van der Waals surface area contributed by atoms with Crippen LogP contribution < -0.4 is 10.1 Å². The van der Waals surface area contributed by atoms with Crippen LogP contribution in [0.1, 0.15) is 6.42 Å². The molecule has 0 saturated heterocycles. The lowest BCUT2D eigenvalue weighted by Crippen LogP contribution is -2.18. The maximum Gasteiger partial charge on any atom is 0.390 e. The van der Waals surface area contributed by atoms with Crippen molar-refractivity contribution in [2.75, 3.05) is 18.5 Å². The van der Waals surface area contributed by atoms with E-state index in [1.54, 1.807) is 10.7 Å². The van der Waals surface area contributed by atoms with Crippen LogP contribution in [0.5, 0.6) is 5.75 Å². The average Bonchev–Trinajstić information content (AvgIpc) is 3.18. The SMILES string of the molecule is FC(F)(F)CCNc1cc(-c2ccccc2)nn1CCOc1ccc2cc(Br)ccc2c1Br. The molecule has 4 aromatic rings. The predicted molar refractivity (Wildman–Crippen MR) is 132 cm³/mol. The molecule has 0 radical (unpaired) electrons. The molecule has 0 aliphatic rings. The molecule has 3 aromatic carbocycles. The Hall–Kier alpha value is -2.52. The monoisotopic (exact) mass is 581 g/mol. The molecule has 0 amide bonds. The first-order valence-electron chi connectivity index (χ1n) is 10.2. The van der Waals surface area contributed by atoms with E-state index < -0.39 is 12.6 Å². The molecule has 4 rings (SSSR count). The first-order chi connectivity index (χ1) is 15.8. The van der Waals surface area contributed by atoms with E-state index in [1.165, 1.54) is 0 Å². The summed E-state index contributed by atoms with van der Waals surface area (Å²) in [5.74, 6) is 1.20. The quantitative estimate of drug-likeness (QED) is 0.232. The Bertz CT molecular complexity index is 1240. The summed E-state index contributed by atoms with van der Waals surface area (Å²) in [6.07, 6.45) is -5.14. The lowest BCUT2D eigenvalue weighted by molar-refractivity contribution is -0.131. The maximum absolute atomic E-state index is 12.6. The Morgan fingerprint density at radius 1 is 0.970 bits per heavy atom. The van der Waals surface area contributed by atoms with Gasteiger partial charge in [-0.15, -0.1) is 0 Å². The Morgan fingerprint density at radius 2 is 1.76 bits per heavy atom. The summed E-state index contributed by atoms with van der Waals surface area (Å²) in [6, 6.07) is 21.1. The number of hydrogen-bond acceptors (Lipinski definition) is 3. The number of halogens is 5. The van der Waals surface area contributed by atoms with Crippen molar-refractivity contribution in [2.45, 2.75) is 19.1 Å². The van der Waals surface area contributed by atoms with Crippen LogP contribution in [0.15, 0.2) is 75.7 Å². The molecule has 0 aliphatic heterocycles. The molecule has 33 heavy (non-hydrogen) atoms. The second-order valence-corrected chi connectivity index (χ2v) is 9.10. The molecule has 0 bridgehead atoms. The highest BCUT2D eigenvalue weighted by Crippen LogP contribution is 2.34. The summed E-state index contributed by atoms with van der Waals surface area (Å²) in [5.41, 5.74) is 1.57. The second kappa shape index (κ2) is 10.2. The van der Waals surface area contributed by atoms with Crippen LogP contribution in [-0.2, 0) is 6.54 Å². The van der Waals surface area contributed by atoms with Crippen molar-refractivity contribution in [3.63, 3.8) is 0 Å². The fraction of sp³-hybridized carbons (Fsp3) is 0.208. The number of rotatable bonds is 8. The largest absolute Gasteiger partial charge is 0.490 e. The van der Waals surface area contributed by atoms with Gasteiger partial charge in [0.25, 0.3) is 0 Å². The summed E-state index contributed by atoms with van der Waals surface area (Å²) in [6.45, 7) is 0.437. The van der Waals surface area contributed by atoms with Crippen molar-refractivity contribution in [1.82, 2.24) is 9.78 Å². The zero-order valence-corrected chi connectivity index (χ0v) is 20.5. The van der Waals surface area contributed by atoms with E-state index in [2.05, 4.69) is 42.3 Å².